The van der Waals surface area contributed by atoms with Crippen molar-refractivity contribution in [2.45, 2.75) is 46.5 Å². The van der Waals surface area contributed by atoms with Crippen molar-refractivity contribution < 1.29 is 13.7 Å². The summed E-state index contributed by atoms with van der Waals surface area (Å²) in [5.41, 5.74) is 4.09. The van der Waals surface area contributed by atoms with Gasteiger partial charge in [-0.1, -0.05) is 16.8 Å². The Bertz CT molecular complexity index is 843. The van der Waals surface area contributed by atoms with Crippen molar-refractivity contribution in [2.75, 3.05) is 6.61 Å². The van der Waals surface area contributed by atoms with Crippen LogP contribution in [0.25, 0.3) is 11.3 Å². The van der Waals surface area contributed by atoms with E-state index >= 15 is 0 Å². The molecule has 0 aliphatic carbocycles. The minimum atomic E-state index is 0.624. The van der Waals surface area contributed by atoms with Crippen LogP contribution in [0.1, 0.15) is 41.8 Å². The zero-order chi connectivity index (χ0) is 18.5. The SMILES string of the molecule is Cc1cc(CCCCCOc2c(C)cc(-c3occc3Cl)cc2C)on1. The second kappa shape index (κ2) is 8.45. The highest BCUT2D eigenvalue weighted by Crippen LogP contribution is 2.34. The van der Waals surface area contributed by atoms with Gasteiger partial charge in [0.1, 0.15) is 11.5 Å². The lowest BCUT2D eigenvalue weighted by Crippen LogP contribution is -2.01. The van der Waals surface area contributed by atoms with E-state index in [0.29, 0.717) is 17.4 Å². The molecule has 3 rings (SSSR count). The molecule has 0 unspecified atom stereocenters. The van der Waals surface area contributed by atoms with E-state index in [1.165, 1.54) is 0 Å². The number of ether oxygens (including phenoxy) is 1. The van der Waals surface area contributed by atoms with E-state index in [-0.39, 0.29) is 0 Å². The fraction of sp³-hybridized carbons (Fsp3) is 0.381. The summed E-state index contributed by atoms with van der Waals surface area (Å²) in [6.45, 7) is 6.75. The van der Waals surface area contributed by atoms with Crippen LogP contribution >= 0.6 is 11.6 Å². The maximum Gasteiger partial charge on any atom is 0.152 e. The first-order chi connectivity index (χ1) is 12.5. The van der Waals surface area contributed by atoms with E-state index in [2.05, 4.69) is 31.1 Å². The molecule has 0 saturated heterocycles. The van der Waals surface area contributed by atoms with Crippen LogP contribution in [0.15, 0.2) is 39.5 Å². The Labute approximate surface area is 159 Å². The molecule has 0 radical (unpaired) electrons. The number of furan rings is 1. The molecule has 26 heavy (non-hydrogen) atoms. The minimum Gasteiger partial charge on any atom is -0.493 e. The number of rotatable bonds is 8. The Morgan fingerprint density at radius 1 is 1.04 bits per heavy atom. The predicted molar refractivity (Wildman–Crippen MR) is 103 cm³/mol. The summed E-state index contributed by atoms with van der Waals surface area (Å²) in [5, 5.41) is 4.53. The van der Waals surface area contributed by atoms with Crippen molar-refractivity contribution >= 4 is 11.6 Å². The number of halogens is 1. The Morgan fingerprint density at radius 3 is 2.42 bits per heavy atom. The number of aryl methyl sites for hydroxylation is 4. The maximum absolute atomic E-state index is 6.16. The molecule has 0 saturated carbocycles. The Morgan fingerprint density at radius 2 is 1.81 bits per heavy atom. The number of hydrogen-bond donors (Lipinski definition) is 0. The summed E-state index contributed by atoms with van der Waals surface area (Å²) in [6, 6.07) is 7.86. The summed E-state index contributed by atoms with van der Waals surface area (Å²) < 4.78 is 16.7. The third kappa shape index (κ3) is 4.50. The van der Waals surface area contributed by atoms with Gasteiger partial charge in [-0.3, -0.25) is 0 Å². The molecule has 2 aromatic heterocycles. The second-order valence-electron chi connectivity index (χ2n) is 6.63. The Hall–Kier alpha value is -2.20. The van der Waals surface area contributed by atoms with Crippen LogP contribution in [0.5, 0.6) is 5.75 Å². The fourth-order valence-electron chi connectivity index (χ4n) is 3.10. The molecule has 5 heteroatoms. The lowest BCUT2D eigenvalue weighted by Gasteiger charge is -2.13. The van der Waals surface area contributed by atoms with E-state index in [9.17, 15) is 0 Å². The highest BCUT2D eigenvalue weighted by Gasteiger charge is 2.12. The number of unbranched alkanes of at least 4 members (excludes halogenated alkanes) is 2. The zero-order valence-electron chi connectivity index (χ0n) is 15.5. The molecule has 0 aliphatic rings. The van der Waals surface area contributed by atoms with Gasteiger partial charge in [0.15, 0.2) is 5.76 Å². The lowest BCUT2D eigenvalue weighted by molar-refractivity contribution is 0.299. The summed E-state index contributed by atoms with van der Waals surface area (Å²) in [7, 11) is 0. The highest BCUT2D eigenvalue weighted by molar-refractivity contribution is 6.32. The zero-order valence-corrected chi connectivity index (χ0v) is 16.2. The van der Waals surface area contributed by atoms with E-state index in [0.717, 1.165) is 59.6 Å². The fourth-order valence-corrected chi connectivity index (χ4v) is 3.30. The van der Waals surface area contributed by atoms with Crippen molar-refractivity contribution in [2.24, 2.45) is 0 Å². The van der Waals surface area contributed by atoms with E-state index in [1.807, 2.05) is 13.0 Å². The standard InChI is InChI=1S/C21H24ClNO3/c1-14-11-17(21-19(22)8-10-25-21)12-15(2)20(14)24-9-6-4-5-7-18-13-16(3)23-26-18/h8,10-13H,4-7,9H2,1-3H3. The third-order valence-electron chi connectivity index (χ3n) is 4.33. The van der Waals surface area contributed by atoms with Gasteiger partial charge in [-0.25, -0.2) is 0 Å². The Balaban J connectivity index is 1.49. The molecule has 0 N–H and O–H groups in total. The van der Waals surface area contributed by atoms with Gasteiger partial charge >= 0.3 is 0 Å². The molecule has 138 valence electrons. The second-order valence-corrected chi connectivity index (χ2v) is 7.04. The van der Waals surface area contributed by atoms with E-state index < -0.39 is 0 Å². The van der Waals surface area contributed by atoms with Crippen LogP contribution in [0, 0.1) is 20.8 Å². The maximum atomic E-state index is 6.16. The topological polar surface area (TPSA) is 48.4 Å². The molecule has 4 nitrogen and oxygen atoms in total. The number of nitrogens with zero attached hydrogens (tertiary/aromatic N) is 1. The van der Waals surface area contributed by atoms with Crippen LogP contribution in [0.2, 0.25) is 5.02 Å². The van der Waals surface area contributed by atoms with E-state index in [4.69, 9.17) is 25.3 Å². The first kappa shape index (κ1) is 18.6. The van der Waals surface area contributed by atoms with Crippen molar-refractivity contribution in [1.29, 1.82) is 0 Å². The van der Waals surface area contributed by atoms with Gasteiger partial charge in [0, 0.05) is 18.1 Å². The minimum absolute atomic E-state index is 0.624. The summed E-state index contributed by atoms with van der Waals surface area (Å²) in [6.07, 6.45) is 5.71. The normalized spacial score (nSPS) is 11.1. The molecule has 0 fully saturated rings. The molecule has 0 amide bonds. The van der Waals surface area contributed by atoms with Crippen molar-refractivity contribution in [3.63, 3.8) is 0 Å². The average Bonchev–Trinajstić information content (AvgIpc) is 3.20. The van der Waals surface area contributed by atoms with Crippen molar-refractivity contribution in [1.82, 2.24) is 5.16 Å². The number of benzene rings is 1. The molecule has 1 aromatic carbocycles. The van der Waals surface area contributed by atoms with Crippen molar-refractivity contribution in [3.05, 3.63) is 58.1 Å². The lowest BCUT2D eigenvalue weighted by atomic mass is 10.0. The molecular weight excluding hydrogens is 350 g/mol. The van der Waals surface area contributed by atoms with Gasteiger partial charge in [0.2, 0.25) is 0 Å². The van der Waals surface area contributed by atoms with Crippen molar-refractivity contribution in [3.8, 4) is 17.1 Å². The first-order valence-electron chi connectivity index (χ1n) is 8.94. The van der Waals surface area contributed by atoms with Crippen LogP contribution in [-0.2, 0) is 6.42 Å². The van der Waals surface area contributed by atoms with Gasteiger partial charge in [-0.15, -0.1) is 0 Å². The van der Waals surface area contributed by atoms with Crippen LogP contribution in [-0.4, -0.2) is 11.8 Å². The third-order valence-corrected chi connectivity index (χ3v) is 4.63. The first-order valence-corrected chi connectivity index (χ1v) is 9.32. The van der Waals surface area contributed by atoms with Crippen LogP contribution < -0.4 is 4.74 Å². The van der Waals surface area contributed by atoms with Crippen LogP contribution in [0.4, 0.5) is 0 Å². The quantitative estimate of drug-likeness (QED) is 0.434. The summed E-state index contributed by atoms with van der Waals surface area (Å²) in [5.74, 6) is 2.61. The number of hydrogen-bond acceptors (Lipinski definition) is 4. The average molecular weight is 374 g/mol. The molecule has 3 aromatic rings. The van der Waals surface area contributed by atoms with Gasteiger partial charge in [0.25, 0.3) is 0 Å². The predicted octanol–water partition coefficient (Wildman–Crippen LogP) is 6.31. The molecule has 2 heterocycles. The monoisotopic (exact) mass is 373 g/mol. The molecule has 0 atom stereocenters. The van der Waals surface area contributed by atoms with Gasteiger partial charge < -0.3 is 13.7 Å². The molecule has 0 bridgehead atoms. The molecular formula is C21H24ClNO3. The summed E-state index contributed by atoms with van der Waals surface area (Å²) >= 11 is 6.16. The molecule has 0 aliphatic heterocycles. The van der Waals surface area contributed by atoms with Gasteiger partial charge in [-0.05, 0) is 69.4 Å². The number of aromatic nitrogens is 1. The molecule has 0 spiro atoms. The van der Waals surface area contributed by atoms with Gasteiger partial charge in [0.05, 0.1) is 23.6 Å². The van der Waals surface area contributed by atoms with Crippen LogP contribution in [0.3, 0.4) is 0 Å². The largest absolute Gasteiger partial charge is 0.493 e. The van der Waals surface area contributed by atoms with Gasteiger partial charge in [-0.2, -0.15) is 0 Å². The Kier molecular flexibility index (Phi) is 6.04. The van der Waals surface area contributed by atoms with E-state index in [1.54, 1.807) is 12.3 Å². The smallest absolute Gasteiger partial charge is 0.152 e. The summed E-state index contributed by atoms with van der Waals surface area (Å²) in [4.78, 5) is 0. The highest BCUT2D eigenvalue weighted by atomic mass is 35.5.